The zero-order valence-corrected chi connectivity index (χ0v) is 20.1. The molecule has 2 N–H and O–H groups in total. The number of halogens is 5. The molecule has 0 bridgehead atoms. The third-order valence-corrected chi connectivity index (χ3v) is 7.33. The Kier molecular flexibility index (Phi) is 7.98. The van der Waals surface area contributed by atoms with Gasteiger partial charge < -0.3 is 10.6 Å². The quantitative estimate of drug-likeness (QED) is 0.316. The Morgan fingerprint density at radius 3 is 2.63 bits per heavy atom. The van der Waals surface area contributed by atoms with Crippen LogP contribution in [-0.2, 0) is 31.3 Å². The van der Waals surface area contributed by atoms with Crippen molar-refractivity contribution in [3.05, 3.63) is 93.0 Å². The minimum absolute atomic E-state index is 0.0404. The molecule has 0 fully saturated rings. The number of aromatic nitrogens is 1. The van der Waals surface area contributed by atoms with Gasteiger partial charge >= 0.3 is 6.18 Å². The molecule has 0 saturated heterocycles. The summed E-state index contributed by atoms with van der Waals surface area (Å²) >= 11 is 8.08. The summed E-state index contributed by atoms with van der Waals surface area (Å²) in [6, 6.07) is 9.57. The van der Waals surface area contributed by atoms with Crippen molar-refractivity contribution in [2.24, 2.45) is 0 Å². The van der Waals surface area contributed by atoms with Crippen LogP contribution < -0.4 is 10.6 Å². The molecule has 0 saturated carbocycles. The number of amides is 1. The van der Waals surface area contributed by atoms with E-state index < -0.39 is 23.5 Å². The monoisotopic (exact) mass is 523 g/mol. The van der Waals surface area contributed by atoms with Crippen molar-refractivity contribution in [2.45, 2.75) is 36.2 Å². The average molecular weight is 524 g/mol. The van der Waals surface area contributed by atoms with Gasteiger partial charge in [-0.3, -0.25) is 9.78 Å². The molecule has 2 heterocycles. The number of nitrogens with zero attached hydrogens (tertiary/aromatic N) is 1. The highest BCUT2D eigenvalue weighted by Gasteiger charge is 2.31. The fourth-order valence-corrected chi connectivity index (χ4v) is 5.22. The summed E-state index contributed by atoms with van der Waals surface area (Å²) in [6.45, 7) is 1.60. The van der Waals surface area contributed by atoms with Crippen LogP contribution in [-0.4, -0.2) is 24.0 Å². The van der Waals surface area contributed by atoms with E-state index in [2.05, 4.69) is 21.7 Å². The Morgan fingerprint density at radius 1 is 1.11 bits per heavy atom. The van der Waals surface area contributed by atoms with E-state index in [0.29, 0.717) is 16.8 Å². The average Bonchev–Trinajstić information content (AvgIpc) is 3.08. The van der Waals surface area contributed by atoms with E-state index >= 15 is 0 Å². The number of thioether (sulfide) groups is 1. The van der Waals surface area contributed by atoms with Crippen LogP contribution in [0.3, 0.4) is 0 Å². The zero-order valence-electron chi connectivity index (χ0n) is 18.5. The summed E-state index contributed by atoms with van der Waals surface area (Å²) < 4.78 is 52.0. The second-order valence-corrected chi connectivity index (χ2v) is 9.47. The Morgan fingerprint density at radius 2 is 1.91 bits per heavy atom. The first-order chi connectivity index (χ1) is 16.7. The van der Waals surface area contributed by atoms with Crippen LogP contribution in [0.15, 0.2) is 53.6 Å². The lowest BCUT2D eigenvalue weighted by molar-refractivity contribution is -0.137. The van der Waals surface area contributed by atoms with Crippen LogP contribution in [0.1, 0.15) is 38.3 Å². The molecule has 0 radical (unpaired) electrons. The minimum Gasteiger partial charge on any atom is -0.348 e. The first-order valence-corrected chi connectivity index (χ1v) is 12.3. The van der Waals surface area contributed by atoms with Crippen molar-refractivity contribution >= 4 is 29.3 Å². The molecule has 1 amide bonds. The van der Waals surface area contributed by atoms with Crippen molar-refractivity contribution in [2.75, 3.05) is 13.1 Å². The summed E-state index contributed by atoms with van der Waals surface area (Å²) in [4.78, 5) is 17.8. The molecule has 4 nitrogen and oxygen atoms in total. The van der Waals surface area contributed by atoms with Gasteiger partial charge in [0, 0.05) is 29.0 Å². The molecule has 0 unspecified atom stereocenters. The predicted octanol–water partition coefficient (Wildman–Crippen LogP) is 5.80. The number of hydrogen-bond donors (Lipinski definition) is 2. The largest absolute Gasteiger partial charge is 0.416 e. The molecule has 3 aromatic rings. The lowest BCUT2D eigenvalue weighted by Crippen LogP contribution is -2.23. The van der Waals surface area contributed by atoms with Gasteiger partial charge in [0.25, 0.3) is 5.91 Å². The highest BCUT2D eigenvalue weighted by Crippen LogP contribution is 2.36. The summed E-state index contributed by atoms with van der Waals surface area (Å²) in [6.07, 6.45) is -1.34. The van der Waals surface area contributed by atoms with Gasteiger partial charge in [-0.1, -0.05) is 23.7 Å². The topological polar surface area (TPSA) is 54.0 Å². The summed E-state index contributed by atoms with van der Waals surface area (Å²) in [5.74, 6) is -0.957. The van der Waals surface area contributed by atoms with Crippen LogP contribution in [0.25, 0.3) is 0 Å². The van der Waals surface area contributed by atoms with E-state index in [1.165, 1.54) is 17.3 Å². The van der Waals surface area contributed by atoms with E-state index in [0.717, 1.165) is 48.7 Å². The predicted molar refractivity (Wildman–Crippen MR) is 128 cm³/mol. The number of hydrogen-bond acceptors (Lipinski definition) is 4. The molecule has 184 valence electrons. The second kappa shape index (κ2) is 11.0. The standard InChI is InChI=1S/C25H22ClF4N3OS/c26-21-6-3-15-7-9-31-10-8-20(15)23(21)35-14-19-5-2-17(13-32-19)24(34)33-12-16-1-4-18(11-22(16)27)25(28,29)30/h1-6,11,13,31H,7-10,12,14H2,(H,33,34). The van der Waals surface area contributed by atoms with E-state index in [4.69, 9.17) is 11.6 Å². The van der Waals surface area contributed by atoms with Crippen molar-refractivity contribution in [3.8, 4) is 0 Å². The van der Waals surface area contributed by atoms with Crippen molar-refractivity contribution in [3.63, 3.8) is 0 Å². The molecular weight excluding hydrogens is 502 g/mol. The molecule has 10 heteroatoms. The Balaban J connectivity index is 1.36. The molecule has 4 rings (SSSR count). The number of nitrogens with one attached hydrogen (secondary N) is 2. The van der Waals surface area contributed by atoms with E-state index in [1.54, 1.807) is 23.9 Å². The molecule has 2 aromatic carbocycles. The molecule has 0 atom stereocenters. The van der Waals surface area contributed by atoms with Crippen LogP contribution in [0.4, 0.5) is 17.6 Å². The molecule has 1 aliphatic rings. The van der Waals surface area contributed by atoms with E-state index in [-0.39, 0.29) is 17.7 Å². The van der Waals surface area contributed by atoms with Crippen molar-refractivity contribution in [1.29, 1.82) is 0 Å². The van der Waals surface area contributed by atoms with Crippen molar-refractivity contribution in [1.82, 2.24) is 15.6 Å². The zero-order chi connectivity index (χ0) is 25.0. The fraction of sp³-hybridized carbons (Fsp3) is 0.280. The van der Waals surface area contributed by atoms with E-state index in [9.17, 15) is 22.4 Å². The lowest BCUT2D eigenvalue weighted by Gasteiger charge is -2.14. The number of carbonyl (C=O) groups excluding carboxylic acids is 1. The van der Waals surface area contributed by atoms with E-state index in [1.807, 2.05) is 6.07 Å². The number of fused-ring (bicyclic) bond motifs is 1. The SMILES string of the molecule is O=C(NCc1ccc(C(F)(F)F)cc1F)c1ccc(CSc2c(Cl)ccc3c2CCNCC3)nc1. The van der Waals surface area contributed by atoms with Gasteiger partial charge in [-0.05, 0) is 67.4 Å². The maximum Gasteiger partial charge on any atom is 0.416 e. The molecule has 0 aliphatic carbocycles. The van der Waals surface area contributed by atoms with Gasteiger partial charge in [-0.2, -0.15) is 13.2 Å². The summed E-state index contributed by atoms with van der Waals surface area (Å²) in [7, 11) is 0. The number of rotatable bonds is 6. The van der Waals surface area contributed by atoms with Crippen LogP contribution in [0, 0.1) is 5.82 Å². The summed E-state index contributed by atoms with van der Waals surface area (Å²) in [5.41, 5.74) is 2.48. The highest BCUT2D eigenvalue weighted by atomic mass is 35.5. The third kappa shape index (κ3) is 6.34. The maximum absolute atomic E-state index is 14.0. The van der Waals surface area contributed by atoms with Crippen LogP contribution >= 0.6 is 23.4 Å². The number of pyridine rings is 1. The minimum atomic E-state index is -4.63. The van der Waals surface area contributed by atoms with Gasteiger partial charge in [0.2, 0.25) is 0 Å². The molecule has 35 heavy (non-hydrogen) atoms. The molecular formula is C25H22ClF4N3OS. The first-order valence-electron chi connectivity index (χ1n) is 10.9. The molecule has 1 aromatic heterocycles. The smallest absolute Gasteiger partial charge is 0.348 e. The maximum atomic E-state index is 14.0. The molecule has 0 spiro atoms. The number of carbonyl (C=O) groups is 1. The number of benzene rings is 2. The fourth-order valence-electron chi connectivity index (χ4n) is 3.80. The Bertz CT molecular complexity index is 1220. The number of alkyl halides is 3. The van der Waals surface area contributed by atoms with Crippen molar-refractivity contribution < 1.29 is 22.4 Å². The van der Waals surface area contributed by atoms with Gasteiger partial charge in [-0.25, -0.2) is 4.39 Å². The first kappa shape index (κ1) is 25.5. The van der Waals surface area contributed by atoms with Crippen LogP contribution in [0.2, 0.25) is 5.02 Å². The van der Waals surface area contributed by atoms with Gasteiger partial charge in [0.1, 0.15) is 5.82 Å². The van der Waals surface area contributed by atoms with Crippen LogP contribution in [0.5, 0.6) is 0 Å². The Labute approximate surface area is 209 Å². The summed E-state index contributed by atoms with van der Waals surface area (Å²) in [5, 5.41) is 6.62. The third-order valence-electron chi connectivity index (χ3n) is 5.70. The normalized spacial score (nSPS) is 13.7. The second-order valence-electron chi connectivity index (χ2n) is 8.08. The van der Waals surface area contributed by atoms with Gasteiger partial charge in [0.05, 0.1) is 21.8 Å². The van der Waals surface area contributed by atoms with Gasteiger partial charge in [0.15, 0.2) is 0 Å². The van der Waals surface area contributed by atoms with Gasteiger partial charge in [-0.15, -0.1) is 11.8 Å². The lowest BCUT2D eigenvalue weighted by atomic mass is 10.0. The highest BCUT2D eigenvalue weighted by molar-refractivity contribution is 7.98. The Hall–Kier alpha value is -2.62. The molecule has 1 aliphatic heterocycles.